The molecule has 0 radical (unpaired) electrons. The lowest BCUT2D eigenvalue weighted by molar-refractivity contribution is -0.120. The maximum absolute atomic E-state index is 13.7. The highest BCUT2D eigenvalue weighted by molar-refractivity contribution is 5.93. The Balaban J connectivity index is 1.35. The first-order valence-electron chi connectivity index (χ1n) is 15.2. The zero-order chi connectivity index (χ0) is 28.2. The topological polar surface area (TPSA) is 69.0 Å². The predicted octanol–water partition coefficient (Wildman–Crippen LogP) is 7.73. The molecule has 5 rings (SSSR count). The van der Waals surface area contributed by atoms with Crippen molar-refractivity contribution in [3.63, 3.8) is 0 Å². The Kier molecular flexibility index (Phi) is 9.04. The zero-order valence-corrected chi connectivity index (χ0v) is 24.9. The van der Waals surface area contributed by atoms with Crippen LogP contribution in [-0.2, 0) is 16.1 Å². The molecule has 6 heteroatoms. The molecule has 214 valence electrons. The Morgan fingerprint density at radius 3 is 2.48 bits per heavy atom. The number of carbonyl (C=O) groups is 1. The number of nitrogens with one attached hydrogen (secondary N) is 1. The number of aromatic nitrogens is 3. The minimum Gasteiger partial charge on any atom is -0.377 e. The third-order valence-electron chi connectivity index (χ3n) is 8.74. The maximum atomic E-state index is 13.7. The Hall–Kier alpha value is -2.99. The zero-order valence-electron chi connectivity index (χ0n) is 24.9. The first kappa shape index (κ1) is 28.5. The second kappa shape index (κ2) is 12.7. The quantitative estimate of drug-likeness (QED) is 0.224. The van der Waals surface area contributed by atoms with Gasteiger partial charge in [0.15, 0.2) is 0 Å². The molecule has 2 atom stereocenters. The monoisotopic (exact) mass is 542 g/mol. The third-order valence-corrected chi connectivity index (χ3v) is 8.74. The van der Waals surface area contributed by atoms with E-state index in [1.54, 1.807) is 0 Å². The van der Waals surface area contributed by atoms with Crippen LogP contribution in [0.3, 0.4) is 0 Å². The molecule has 0 aliphatic heterocycles. The standard InChI is InChI=1S/C34H46N4O2/c1-22(2)17-27-19-28(20-27)32-36-37-33(38(32)29-12-13-29)30(15-16-40-21-26-9-7-6-8-10-26)25(5)34(39)35-31-14-11-23(3)18-24(31)4/h6-11,14,18,22,25,27-30H,12-13,15-17,19-21H2,1-5H3,(H,35,39). The molecule has 0 saturated heterocycles. The number of rotatable bonds is 13. The van der Waals surface area contributed by atoms with Gasteiger partial charge < -0.3 is 14.6 Å². The fourth-order valence-corrected chi connectivity index (χ4v) is 6.32. The van der Waals surface area contributed by atoms with Crippen LogP contribution in [0.5, 0.6) is 0 Å². The van der Waals surface area contributed by atoms with Crippen LogP contribution in [0.4, 0.5) is 5.69 Å². The molecule has 0 spiro atoms. The maximum Gasteiger partial charge on any atom is 0.227 e. The van der Waals surface area contributed by atoms with E-state index in [2.05, 4.69) is 48.9 Å². The van der Waals surface area contributed by atoms with Crippen molar-refractivity contribution >= 4 is 11.6 Å². The van der Waals surface area contributed by atoms with E-state index in [1.807, 2.05) is 44.2 Å². The highest BCUT2D eigenvalue weighted by Gasteiger charge is 2.41. The van der Waals surface area contributed by atoms with E-state index < -0.39 is 0 Å². The van der Waals surface area contributed by atoms with Crippen molar-refractivity contribution in [2.75, 3.05) is 11.9 Å². The van der Waals surface area contributed by atoms with E-state index in [9.17, 15) is 4.79 Å². The molecule has 0 bridgehead atoms. The smallest absolute Gasteiger partial charge is 0.227 e. The van der Waals surface area contributed by atoms with Crippen molar-refractivity contribution in [2.24, 2.45) is 17.8 Å². The van der Waals surface area contributed by atoms with Gasteiger partial charge >= 0.3 is 0 Å². The van der Waals surface area contributed by atoms with Crippen LogP contribution < -0.4 is 5.32 Å². The molecule has 1 heterocycles. The first-order chi connectivity index (χ1) is 19.3. The normalized spacial score (nSPS) is 20.2. The summed E-state index contributed by atoms with van der Waals surface area (Å²) in [6, 6.07) is 16.9. The highest BCUT2D eigenvalue weighted by atomic mass is 16.5. The summed E-state index contributed by atoms with van der Waals surface area (Å²) in [5.41, 5.74) is 4.29. The lowest BCUT2D eigenvalue weighted by Crippen LogP contribution is -2.30. The summed E-state index contributed by atoms with van der Waals surface area (Å²) in [6.07, 6.45) is 6.76. The van der Waals surface area contributed by atoms with Crippen molar-refractivity contribution in [1.82, 2.24) is 14.8 Å². The van der Waals surface area contributed by atoms with Crippen molar-refractivity contribution in [2.45, 2.75) is 97.6 Å². The lowest BCUT2D eigenvalue weighted by atomic mass is 9.71. The predicted molar refractivity (Wildman–Crippen MR) is 160 cm³/mol. The van der Waals surface area contributed by atoms with Crippen LogP contribution >= 0.6 is 0 Å². The second-order valence-electron chi connectivity index (χ2n) is 12.7. The van der Waals surface area contributed by atoms with Gasteiger partial charge in [0.2, 0.25) is 5.91 Å². The number of hydrogen-bond acceptors (Lipinski definition) is 4. The molecule has 1 aromatic heterocycles. The van der Waals surface area contributed by atoms with Gasteiger partial charge in [-0.25, -0.2) is 0 Å². The summed E-state index contributed by atoms with van der Waals surface area (Å²) >= 11 is 0. The molecule has 2 aliphatic carbocycles. The molecular weight excluding hydrogens is 496 g/mol. The number of aryl methyl sites for hydroxylation is 2. The van der Waals surface area contributed by atoms with Crippen LogP contribution in [0, 0.1) is 31.6 Å². The van der Waals surface area contributed by atoms with Gasteiger partial charge in [-0.2, -0.15) is 0 Å². The highest BCUT2D eigenvalue weighted by Crippen LogP contribution is 2.48. The molecule has 40 heavy (non-hydrogen) atoms. The molecule has 2 fully saturated rings. The average molecular weight is 543 g/mol. The van der Waals surface area contributed by atoms with Crippen molar-refractivity contribution in [3.05, 3.63) is 76.9 Å². The van der Waals surface area contributed by atoms with Gasteiger partial charge in [0.1, 0.15) is 11.6 Å². The van der Waals surface area contributed by atoms with Crippen molar-refractivity contribution in [3.8, 4) is 0 Å². The van der Waals surface area contributed by atoms with Gasteiger partial charge in [-0.05, 0) is 81.4 Å². The number of hydrogen-bond donors (Lipinski definition) is 1. The summed E-state index contributed by atoms with van der Waals surface area (Å²) in [6.45, 7) is 11.9. The van der Waals surface area contributed by atoms with Gasteiger partial charge in [-0.1, -0.05) is 68.8 Å². The number of nitrogens with zero attached hydrogens (tertiary/aromatic N) is 3. The minimum atomic E-state index is -0.273. The Labute approximate surface area is 239 Å². The summed E-state index contributed by atoms with van der Waals surface area (Å²) in [7, 11) is 0. The average Bonchev–Trinajstić information content (AvgIpc) is 3.66. The molecule has 3 aromatic rings. The summed E-state index contributed by atoms with van der Waals surface area (Å²) in [4.78, 5) is 13.7. The van der Waals surface area contributed by atoms with E-state index in [0.29, 0.717) is 25.2 Å². The first-order valence-corrected chi connectivity index (χ1v) is 15.2. The summed E-state index contributed by atoms with van der Waals surface area (Å²) in [5.74, 6) is 3.81. The number of benzene rings is 2. The van der Waals surface area contributed by atoms with E-state index in [4.69, 9.17) is 14.9 Å². The van der Waals surface area contributed by atoms with Gasteiger partial charge in [-0.3, -0.25) is 4.79 Å². The SMILES string of the molecule is Cc1ccc(NC(=O)C(C)C(CCOCc2ccccc2)c2nnc(C3CC(CC(C)C)C3)n2C2CC2)c(C)c1. The molecular formula is C34H46N4O2. The van der Waals surface area contributed by atoms with E-state index >= 15 is 0 Å². The molecule has 1 N–H and O–H groups in total. The van der Waals surface area contributed by atoms with Crippen LogP contribution in [0.25, 0.3) is 0 Å². The second-order valence-corrected chi connectivity index (χ2v) is 12.7. The summed E-state index contributed by atoms with van der Waals surface area (Å²) in [5, 5.41) is 12.8. The van der Waals surface area contributed by atoms with Crippen molar-refractivity contribution in [1.29, 1.82) is 0 Å². The van der Waals surface area contributed by atoms with Crippen LogP contribution in [0.1, 0.15) is 106 Å². The summed E-state index contributed by atoms with van der Waals surface area (Å²) < 4.78 is 8.55. The Morgan fingerprint density at radius 2 is 1.80 bits per heavy atom. The van der Waals surface area contributed by atoms with Gasteiger partial charge in [0.25, 0.3) is 0 Å². The third kappa shape index (κ3) is 6.83. The van der Waals surface area contributed by atoms with Crippen molar-refractivity contribution < 1.29 is 9.53 Å². The van der Waals surface area contributed by atoms with E-state index in [0.717, 1.165) is 46.7 Å². The largest absolute Gasteiger partial charge is 0.377 e. The Morgan fingerprint density at radius 1 is 1.05 bits per heavy atom. The Bertz CT molecular complexity index is 1270. The number of amides is 1. The van der Waals surface area contributed by atoms with Crippen LogP contribution in [0.15, 0.2) is 48.5 Å². The van der Waals surface area contributed by atoms with Crippen LogP contribution in [0.2, 0.25) is 0 Å². The van der Waals surface area contributed by atoms with E-state index in [1.165, 1.54) is 37.7 Å². The van der Waals surface area contributed by atoms with Gasteiger partial charge in [0, 0.05) is 36.1 Å². The molecule has 2 aromatic carbocycles. The molecule has 2 unspecified atom stereocenters. The molecule has 1 amide bonds. The molecule has 2 saturated carbocycles. The number of anilines is 1. The number of carbonyl (C=O) groups excluding carboxylic acids is 1. The van der Waals surface area contributed by atoms with Gasteiger partial charge in [-0.15, -0.1) is 10.2 Å². The van der Waals surface area contributed by atoms with E-state index in [-0.39, 0.29) is 17.7 Å². The lowest BCUT2D eigenvalue weighted by Gasteiger charge is -2.36. The van der Waals surface area contributed by atoms with Crippen LogP contribution in [-0.4, -0.2) is 27.3 Å². The molecule has 6 nitrogen and oxygen atoms in total. The minimum absolute atomic E-state index is 0.0209. The fraction of sp³-hybridized carbons (Fsp3) is 0.559. The van der Waals surface area contributed by atoms with Gasteiger partial charge in [0.05, 0.1) is 6.61 Å². The fourth-order valence-electron chi connectivity index (χ4n) is 6.32. The number of ether oxygens (including phenoxy) is 1. The molecule has 2 aliphatic rings.